The maximum atomic E-state index is 11.2. The molecule has 0 saturated carbocycles. The van der Waals surface area contributed by atoms with Crippen LogP contribution in [0, 0.1) is 0 Å². The van der Waals surface area contributed by atoms with Crippen molar-refractivity contribution in [2.24, 2.45) is 0 Å². The van der Waals surface area contributed by atoms with E-state index < -0.39 is 5.97 Å². The summed E-state index contributed by atoms with van der Waals surface area (Å²) in [7, 11) is 1.50. The highest BCUT2D eigenvalue weighted by Crippen LogP contribution is 2.41. The normalized spacial score (nSPS) is 14.4. The number of aryl methyl sites for hydroxylation is 1. The first kappa shape index (κ1) is 11.6. The van der Waals surface area contributed by atoms with Gasteiger partial charge in [0.2, 0.25) is 0 Å². The van der Waals surface area contributed by atoms with Crippen LogP contribution >= 0.6 is 23.4 Å². The molecule has 0 saturated heterocycles. The monoisotopic (exact) mass is 258 g/mol. The average Bonchev–Trinajstić information content (AvgIpc) is 2.27. The van der Waals surface area contributed by atoms with Crippen molar-refractivity contribution in [1.29, 1.82) is 0 Å². The van der Waals surface area contributed by atoms with Crippen molar-refractivity contribution < 1.29 is 14.6 Å². The number of rotatable bonds is 2. The van der Waals surface area contributed by atoms with E-state index in [9.17, 15) is 9.90 Å². The van der Waals surface area contributed by atoms with Gasteiger partial charge in [0.1, 0.15) is 5.75 Å². The van der Waals surface area contributed by atoms with Gasteiger partial charge in [-0.25, -0.2) is 4.79 Å². The van der Waals surface area contributed by atoms with Gasteiger partial charge >= 0.3 is 5.97 Å². The summed E-state index contributed by atoms with van der Waals surface area (Å²) in [5.41, 5.74) is 1.20. The van der Waals surface area contributed by atoms with E-state index >= 15 is 0 Å². The number of aromatic carboxylic acids is 1. The molecule has 0 bridgehead atoms. The van der Waals surface area contributed by atoms with Crippen LogP contribution in [0.15, 0.2) is 11.0 Å². The molecule has 0 fully saturated rings. The minimum atomic E-state index is -0.991. The summed E-state index contributed by atoms with van der Waals surface area (Å²) in [5, 5.41) is 9.39. The van der Waals surface area contributed by atoms with Crippen LogP contribution in [-0.4, -0.2) is 23.9 Å². The Labute approximate surface area is 103 Å². The Hall–Kier alpha value is -0.870. The minimum absolute atomic E-state index is 0.181. The lowest BCUT2D eigenvalue weighted by Gasteiger charge is -2.19. The average molecular weight is 259 g/mol. The Bertz CT molecular complexity index is 445. The second-order valence-corrected chi connectivity index (χ2v) is 5.00. The van der Waals surface area contributed by atoms with Gasteiger partial charge in [-0.15, -0.1) is 11.8 Å². The molecule has 0 aliphatic carbocycles. The first-order valence-electron chi connectivity index (χ1n) is 4.90. The molecule has 0 atom stereocenters. The van der Waals surface area contributed by atoms with Gasteiger partial charge in [-0.3, -0.25) is 0 Å². The maximum Gasteiger partial charge on any atom is 0.338 e. The van der Waals surface area contributed by atoms with Crippen molar-refractivity contribution >= 4 is 29.3 Å². The number of hydrogen-bond acceptors (Lipinski definition) is 3. The molecule has 1 aromatic carbocycles. The zero-order chi connectivity index (χ0) is 11.7. The quantitative estimate of drug-likeness (QED) is 0.886. The highest BCUT2D eigenvalue weighted by molar-refractivity contribution is 7.99. The molecule has 0 spiro atoms. The Morgan fingerprint density at radius 3 is 3.00 bits per heavy atom. The number of halogens is 1. The molecule has 2 rings (SSSR count). The number of fused-ring (bicyclic) bond motifs is 1. The fraction of sp³-hybridized carbons (Fsp3) is 0.364. The summed E-state index contributed by atoms with van der Waals surface area (Å²) in [5.74, 6) is 0.394. The Kier molecular flexibility index (Phi) is 3.30. The molecule has 0 aromatic heterocycles. The van der Waals surface area contributed by atoms with Crippen molar-refractivity contribution in [2.75, 3.05) is 12.9 Å². The Morgan fingerprint density at radius 2 is 2.38 bits per heavy atom. The van der Waals surface area contributed by atoms with Gasteiger partial charge < -0.3 is 9.84 Å². The summed E-state index contributed by atoms with van der Waals surface area (Å²) >= 11 is 7.58. The number of methoxy groups -OCH3 is 1. The smallest absolute Gasteiger partial charge is 0.338 e. The SMILES string of the molecule is COc1cc2c(c(C(=O)O)c1Cl)SCCC2. The Morgan fingerprint density at radius 1 is 1.62 bits per heavy atom. The lowest BCUT2D eigenvalue weighted by atomic mass is 10.0. The number of hydrogen-bond donors (Lipinski definition) is 1. The van der Waals surface area contributed by atoms with Crippen molar-refractivity contribution in [1.82, 2.24) is 0 Å². The zero-order valence-corrected chi connectivity index (χ0v) is 10.3. The van der Waals surface area contributed by atoms with E-state index in [2.05, 4.69) is 0 Å². The van der Waals surface area contributed by atoms with Crippen LogP contribution in [0.1, 0.15) is 22.3 Å². The second-order valence-electron chi connectivity index (χ2n) is 3.51. The lowest BCUT2D eigenvalue weighted by Crippen LogP contribution is -2.08. The third kappa shape index (κ3) is 1.87. The van der Waals surface area contributed by atoms with Gasteiger partial charge in [-0.05, 0) is 30.2 Å². The van der Waals surface area contributed by atoms with E-state index in [-0.39, 0.29) is 10.6 Å². The van der Waals surface area contributed by atoms with E-state index in [4.69, 9.17) is 16.3 Å². The van der Waals surface area contributed by atoms with E-state index in [1.165, 1.54) is 7.11 Å². The topological polar surface area (TPSA) is 46.5 Å². The third-order valence-electron chi connectivity index (χ3n) is 2.53. The summed E-state index contributed by atoms with van der Waals surface area (Å²) in [6.45, 7) is 0. The van der Waals surface area contributed by atoms with Gasteiger partial charge in [0.25, 0.3) is 0 Å². The van der Waals surface area contributed by atoms with Crippen molar-refractivity contribution in [2.45, 2.75) is 17.7 Å². The molecular formula is C11H11ClO3S. The third-order valence-corrected chi connectivity index (χ3v) is 4.15. The fourth-order valence-corrected chi connectivity index (χ4v) is 3.33. The molecule has 5 heteroatoms. The van der Waals surface area contributed by atoms with Crippen LogP contribution in [0.4, 0.5) is 0 Å². The zero-order valence-electron chi connectivity index (χ0n) is 8.75. The van der Waals surface area contributed by atoms with Gasteiger partial charge in [-0.1, -0.05) is 11.6 Å². The standard InChI is InChI=1S/C11H11ClO3S/c1-15-7-5-6-3-2-4-16-10(6)8(9(7)12)11(13)14/h5H,2-4H2,1H3,(H,13,14). The molecule has 1 N–H and O–H groups in total. The molecule has 1 aliphatic rings. The largest absolute Gasteiger partial charge is 0.495 e. The highest BCUT2D eigenvalue weighted by atomic mass is 35.5. The van der Waals surface area contributed by atoms with Crippen LogP contribution in [-0.2, 0) is 6.42 Å². The number of carbonyl (C=O) groups is 1. The molecule has 3 nitrogen and oxygen atoms in total. The lowest BCUT2D eigenvalue weighted by molar-refractivity contribution is 0.0692. The van der Waals surface area contributed by atoms with Gasteiger partial charge in [0.05, 0.1) is 17.7 Å². The molecule has 1 aliphatic heterocycles. The molecule has 1 heterocycles. The molecule has 86 valence electrons. The molecular weight excluding hydrogens is 248 g/mol. The van der Waals surface area contributed by atoms with E-state index in [1.807, 2.05) is 6.07 Å². The summed E-state index contributed by atoms with van der Waals surface area (Å²) in [6.07, 6.45) is 1.94. The van der Waals surface area contributed by atoms with Gasteiger partial charge in [-0.2, -0.15) is 0 Å². The van der Waals surface area contributed by atoms with Crippen LogP contribution in [0.3, 0.4) is 0 Å². The highest BCUT2D eigenvalue weighted by Gasteiger charge is 2.24. The number of carboxylic acids is 1. The first-order chi connectivity index (χ1) is 7.65. The van der Waals surface area contributed by atoms with Crippen molar-refractivity contribution in [3.05, 3.63) is 22.2 Å². The van der Waals surface area contributed by atoms with Crippen LogP contribution in [0.5, 0.6) is 5.75 Å². The summed E-state index contributed by atoms with van der Waals surface area (Å²) in [6, 6.07) is 1.84. The molecule has 0 unspecified atom stereocenters. The second kappa shape index (κ2) is 4.55. The summed E-state index contributed by atoms with van der Waals surface area (Å²) in [4.78, 5) is 12.0. The molecule has 0 radical (unpaired) electrons. The minimum Gasteiger partial charge on any atom is -0.495 e. The van der Waals surface area contributed by atoms with Crippen LogP contribution in [0.2, 0.25) is 5.02 Å². The van der Waals surface area contributed by atoms with Gasteiger partial charge in [0, 0.05) is 4.90 Å². The summed E-state index contributed by atoms with van der Waals surface area (Å²) < 4.78 is 5.10. The van der Waals surface area contributed by atoms with Crippen LogP contribution < -0.4 is 4.74 Å². The predicted molar refractivity (Wildman–Crippen MR) is 64.0 cm³/mol. The van der Waals surface area contributed by atoms with Crippen LogP contribution in [0.25, 0.3) is 0 Å². The molecule has 0 amide bonds. The van der Waals surface area contributed by atoms with E-state index in [1.54, 1.807) is 11.8 Å². The first-order valence-corrected chi connectivity index (χ1v) is 6.27. The fourth-order valence-electron chi connectivity index (χ4n) is 1.80. The molecule has 1 aromatic rings. The molecule has 16 heavy (non-hydrogen) atoms. The van der Waals surface area contributed by atoms with Gasteiger partial charge in [0.15, 0.2) is 0 Å². The number of ether oxygens (including phenoxy) is 1. The number of thioether (sulfide) groups is 1. The maximum absolute atomic E-state index is 11.2. The number of benzene rings is 1. The van der Waals surface area contributed by atoms with E-state index in [0.717, 1.165) is 29.1 Å². The van der Waals surface area contributed by atoms with E-state index in [0.29, 0.717) is 5.75 Å². The Balaban J connectivity index is 2.67. The van der Waals surface area contributed by atoms with Crippen molar-refractivity contribution in [3.8, 4) is 5.75 Å². The number of carboxylic acid groups (broad SMARTS) is 1. The van der Waals surface area contributed by atoms with Crippen molar-refractivity contribution in [3.63, 3.8) is 0 Å². The predicted octanol–water partition coefficient (Wildman–Crippen LogP) is 3.09.